The Morgan fingerprint density at radius 2 is 2.36 bits per heavy atom. The lowest BCUT2D eigenvalue weighted by molar-refractivity contribution is -0.156. The Morgan fingerprint density at radius 1 is 1.64 bits per heavy atom. The standard InChI is InChI=1S/C9H17NO4/c1-9(6-13-5-7(9)10)8(11)14-4-3-12-2/h7H,3-6,10H2,1-2H3. The number of hydrogen-bond donors (Lipinski definition) is 1. The quantitative estimate of drug-likeness (QED) is 0.494. The minimum absolute atomic E-state index is 0.262. The van der Waals surface area contributed by atoms with Gasteiger partial charge in [0.05, 0.1) is 19.8 Å². The summed E-state index contributed by atoms with van der Waals surface area (Å²) in [5, 5.41) is 0. The minimum atomic E-state index is -0.701. The lowest BCUT2D eigenvalue weighted by atomic mass is 9.86. The zero-order chi connectivity index (χ0) is 10.6. The molecular weight excluding hydrogens is 186 g/mol. The molecule has 0 spiro atoms. The zero-order valence-corrected chi connectivity index (χ0v) is 8.62. The van der Waals surface area contributed by atoms with Crippen molar-refractivity contribution in [2.45, 2.75) is 13.0 Å². The summed E-state index contributed by atoms with van der Waals surface area (Å²) in [5.74, 6) is -0.306. The van der Waals surface area contributed by atoms with Gasteiger partial charge < -0.3 is 19.9 Å². The number of methoxy groups -OCH3 is 1. The van der Waals surface area contributed by atoms with Crippen LogP contribution in [0, 0.1) is 5.41 Å². The Kier molecular flexibility index (Phi) is 3.86. The largest absolute Gasteiger partial charge is 0.463 e. The van der Waals surface area contributed by atoms with E-state index >= 15 is 0 Å². The van der Waals surface area contributed by atoms with Gasteiger partial charge in [-0.25, -0.2) is 0 Å². The minimum Gasteiger partial charge on any atom is -0.463 e. The predicted molar refractivity (Wildman–Crippen MR) is 49.7 cm³/mol. The highest BCUT2D eigenvalue weighted by atomic mass is 16.6. The SMILES string of the molecule is COCCOC(=O)C1(C)COCC1N. The molecule has 0 aromatic heterocycles. The molecule has 1 fully saturated rings. The third-order valence-electron chi connectivity index (χ3n) is 2.50. The van der Waals surface area contributed by atoms with Crippen LogP contribution in [-0.2, 0) is 19.0 Å². The summed E-state index contributed by atoms with van der Waals surface area (Å²) in [6.07, 6.45) is 0. The van der Waals surface area contributed by atoms with Gasteiger partial charge in [0.25, 0.3) is 0 Å². The Hall–Kier alpha value is -0.650. The summed E-state index contributed by atoms with van der Waals surface area (Å²) in [6.45, 7) is 3.17. The van der Waals surface area contributed by atoms with Gasteiger partial charge in [0, 0.05) is 13.2 Å². The molecule has 1 aliphatic rings. The molecule has 0 aromatic carbocycles. The van der Waals surface area contributed by atoms with Gasteiger partial charge in [-0.2, -0.15) is 0 Å². The molecule has 0 radical (unpaired) electrons. The molecule has 5 heteroatoms. The van der Waals surface area contributed by atoms with Crippen molar-refractivity contribution < 1.29 is 19.0 Å². The Labute approximate surface area is 83.5 Å². The van der Waals surface area contributed by atoms with Gasteiger partial charge in [-0.1, -0.05) is 0 Å². The van der Waals surface area contributed by atoms with Crippen molar-refractivity contribution >= 4 is 5.97 Å². The second-order valence-corrected chi connectivity index (χ2v) is 3.67. The van der Waals surface area contributed by atoms with E-state index in [2.05, 4.69) is 0 Å². The van der Waals surface area contributed by atoms with E-state index in [0.717, 1.165) is 0 Å². The van der Waals surface area contributed by atoms with Gasteiger partial charge >= 0.3 is 5.97 Å². The molecule has 2 unspecified atom stereocenters. The van der Waals surface area contributed by atoms with Crippen LogP contribution in [0.2, 0.25) is 0 Å². The van der Waals surface area contributed by atoms with Gasteiger partial charge in [-0.3, -0.25) is 4.79 Å². The van der Waals surface area contributed by atoms with E-state index in [9.17, 15) is 4.79 Å². The lowest BCUT2D eigenvalue weighted by Gasteiger charge is -2.24. The molecule has 0 aliphatic carbocycles. The molecule has 1 aliphatic heterocycles. The third-order valence-corrected chi connectivity index (χ3v) is 2.50. The van der Waals surface area contributed by atoms with Crippen molar-refractivity contribution in [1.82, 2.24) is 0 Å². The van der Waals surface area contributed by atoms with E-state index in [-0.39, 0.29) is 18.6 Å². The van der Waals surface area contributed by atoms with Gasteiger partial charge in [0.2, 0.25) is 0 Å². The summed E-state index contributed by atoms with van der Waals surface area (Å²) in [6, 6.07) is -0.280. The van der Waals surface area contributed by atoms with Crippen LogP contribution in [0.1, 0.15) is 6.92 Å². The molecule has 82 valence electrons. The monoisotopic (exact) mass is 203 g/mol. The fourth-order valence-corrected chi connectivity index (χ4v) is 1.28. The maximum absolute atomic E-state index is 11.6. The Balaban J connectivity index is 2.42. The number of hydrogen-bond acceptors (Lipinski definition) is 5. The van der Waals surface area contributed by atoms with Crippen LogP contribution < -0.4 is 5.73 Å². The van der Waals surface area contributed by atoms with Crippen LogP contribution in [0.5, 0.6) is 0 Å². The fraction of sp³-hybridized carbons (Fsp3) is 0.889. The Morgan fingerprint density at radius 3 is 2.86 bits per heavy atom. The van der Waals surface area contributed by atoms with Gasteiger partial charge in [0.15, 0.2) is 0 Å². The van der Waals surface area contributed by atoms with Crippen LogP contribution in [0.15, 0.2) is 0 Å². The molecule has 2 N–H and O–H groups in total. The van der Waals surface area contributed by atoms with Crippen molar-refractivity contribution in [3.05, 3.63) is 0 Å². The molecule has 0 saturated carbocycles. The Bertz CT molecular complexity index is 209. The molecule has 2 atom stereocenters. The summed E-state index contributed by atoms with van der Waals surface area (Å²) in [5.41, 5.74) is 5.06. The summed E-state index contributed by atoms with van der Waals surface area (Å²) >= 11 is 0. The first-order valence-electron chi connectivity index (χ1n) is 4.61. The lowest BCUT2D eigenvalue weighted by Crippen LogP contribution is -2.45. The average molecular weight is 203 g/mol. The number of esters is 1. The smallest absolute Gasteiger partial charge is 0.315 e. The van der Waals surface area contributed by atoms with Gasteiger partial charge in [-0.15, -0.1) is 0 Å². The zero-order valence-electron chi connectivity index (χ0n) is 8.62. The maximum Gasteiger partial charge on any atom is 0.315 e. The fourth-order valence-electron chi connectivity index (χ4n) is 1.28. The molecule has 14 heavy (non-hydrogen) atoms. The van der Waals surface area contributed by atoms with Gasteiger partial charge in [0.1, 0.15) is 12.0 Å². The molecule has 5 nitrogen and oxygen atoms in total. The molecule has 1 heterocycles. The number of rotatable bonds is 4. The molecule has 0 bridgehead atoms. The average Bonchev–Trinajstić information content (AvgIpc) is 2.49. The first-order chi connectivity index (χ1) is 6.61. The molecular formula is C9H17NO4. The van der Waals surface area contributed by atoms with Crippen molar-refractivity contribution in [2.24, 2.45) is 11.1 Å². The second-order valence-electron chi connectivity index (χ2n) is 3.67. The number of ether oxygens (including phenoxy) is 3. The van der Waals surface area contributed by atoms with E-state index in [1.807, 2.05) is 0 Å². The van der Waals surface area contributed by atoms with Crippen LogP contribution in [-0.4, -0.2) is 45.5 Å². The third kappa shape index (κ3) is 2.23. The normalized spacial score (nSPS) is 31.8. The van der Waals surface area contributed by atoms with E-state index in [1.54, 1.807) is 14.0 Å². The summed E-state index contributed by atoms with van der Waals surface area (Å²) in [4.78, 5) is 11.6. The summed E-state index contributed by atoms with van der Waals surface area (Å²) < 4.78 is 14.9. The summed E-state index contributed by atoms with van der Waals surface area (Å²) in [7, 11) is 1.56. The highest BCUT2D eigenvalue weighted by Gasteiger charge is 2.45. The number of carbonyl (C=O) groups is 1. The molecule has 0 amide bonds. The van der Waals surface area contributed by atoms with Crippen LogP contribution in [0.3, 0.4) is 0 Å². The van der Waals surface area contributed by atoms with E-state index in [0.29, 0.717) is 19.8 Å². The number of carbonyl (C=O) groups excluding carboxylic acids is 1. The van der Waals surface area contributed by atoms with Crippen LogP contribution in [0.25, 0.3) is 0 Å². The van der Waals surface area contributed by atoms with Crippen molar-refractivity contribution in [3.8, 4) is 0 Å². The van der Waals surface area contributed by atoms with Crippen molar-refractivity contribution in [2.75, 3.05) is 33.5 Å². The second kappa shape index (κ2) is 4.72. The predicted octanol–water partition coefficient (Wildman–Crippen LogP) is -0.460. The number of nitrogens with two attached hydrogens (primary N) is 1. The van der Waals surface area contributed by atoms with Crippen molar-refractivity contribution in [1.29, 1.82) is 0 Å². The highest BCUT2D eigenvalue weighted by molar-refractivity contribution is 5.78. The first-order valence-corrected chi connectivity index (χ1v) is 4.61. The molecule has 1 rings (SSSR count). The molecule has 0 aromatic rings. The molecule has 1 saturated heterocycles. The van der Waals surface area contributed by atoms with Gasteiger partial charge in [-0.05, 0) is 6.92 Å². The van der Waals surface area contributed by atoms with Crippen LogP contribution >= 0.6 is 0 Å². The van der Waals surface area contributed by atoms with Crippen LogP contribution in [0.4, 0.5) is 0 Å². The van der Waals surface area contributed by atoms with Crippen molar-refractivity contribution in [3.63, 3.8) is 0 Å². The topological polar surface area (TPSA) is 70.8 Å². The van der Waals surface area contributed by atoms with E-state index in [1.165, 1.54) is 0 Å². The van der Waals surface area contributed by atoms with E-state index in [4.69, 9.17) is 19.9 Å². The maximum atomic E-state index is 11.6. The highest BCUT2D eigenvalue weighted by Crippen LogP contribution is 2.28. The first kappa shape index (κ1) is 11.4. The van der Waals surface area contributed by atoms with E-state index < -0.39 is 5.41 Å².